The zero-order valence-electron chi connectivity index (χ0n) is 11.0. The second-order valence-corrected chi connectivity index (χ2v) is 5.28. The third-order valence-corrected chi connectivity index (χ3v) is 2.98. The van der Waals surface area contributed by atoms with Crippen LogP contribution in [0, 0.1) is 19.3 Å². The summed E-state index contributed by atoms with van der Waals surface area (Å²) in [5.74, 6) is 2.26. The number of rotatable bonds is 2. The van der Waals surface area contributed by atoms with Gasteiger partial charge >= 0.3 is 0 Å². The Labute approximate surface area is 116 Å². The minimum absolute atomic E-state index is 0.268. The molecule has 5 heteroatoms. The van der Waals surface area contributed by atoms with Crippen molar-refractivity contribution in [3.63, 3.8) is 0 Å². The molecular weight excluding hydrogens is 262 g/mol. The van der Waals surface area contributed by atoms with E-state index in [1.54, 1.807) is 43.5 Å². The van der Waals surface area contributed by atoms with Gasteiger partial charge in [-0.15, -0.1) is 6.42 Å². The number of halogens is 1. The van der Waals surface area contributed by atoms with Gasteiger partial charge in [0.15, 0.2) is 0 Å². The summed E-state index contributed by atoms with van der Waals surface area (Å²) in [5.41, 5.74) is 1.03. The van der Waals surface area contributed by atoms with Crippen LogP contribution in [-0.4, -0.2) is 20.8 Å². The van der Waals surface area contributed by atoms with Crippen molar-refractivity contribution >= 4 is 23.2 Å². The van der Waals surface area contributed by atoms with Crippen LogP contribution in [0.1, 0.15) is 30.0 Å². The van der Waals surface area contributed by atoms with Gasteiger partial charge in [-0.2, -0.15) is 0 Å². The van der Waals surface area contributed by atoms with Gasteiger partial charge in [0.25, 0.3) is 5.91 Å². The molecule has 0 aliphatic rings. The molecule has 0 saturated carbocycles. The monoisotopic (exact) mass is 275 g/mol. The first-order chi connectivity index (χ1) is 8.84. The largest absolute Gasteiger partial charge is 0.335 e. The number of pyridine rings is 1. The molecule has 0 aliphatic heterocycles. The maximum Gasteiger partial charge on any atom is 0.271 e. The maximum atomic E-state index is 12.3. The Balaban J connectivity index is 2.51. The van der Waals surface area contributed by atoms with E-state index in [2.05, 4.69) is 16.2 Å². The number of aryl methyl sites for hydroxylation is 1. The molecule has 0 unspecified atom stereocenters. The second kappa shape index (κ2) is 4.60. The molecule has 2 aromatic heterocycles. The first kappa shape index (κ1) is 13.4. The molecule has 0 spiro atoms. The van der Waals surface area contributed by atoms with Crippen molar-refractivity contribution in [3.8, 4) is 12.3 Å². The number of hydrogen-bond donors (Lipinski definition) is 1. The molecule has 2 rings (SSSR count). The zero-order valence-corrected chi connectivity index (χ0v) is 11.7. The average molecular weight is 276 g/mol. The van der Waals surface area contributed by atoms with E-state index >= 15 is 0 Å². The summed E-state index contributed by atoms with van der Waals surface area (Å²) in [7, 11) is 0. The predicted molar refractivity (Wildman–Crippen MR) is 75.3 cm³/mol. The Morgan fingerprint density at radius 2 is 2.21 bits per heavy atom. The Bertz CT molecular complexity index is 695. The molecule has 19 heavy (non-hydrogen) atoms. The van der Waals surface area contributed by atoms with E-state index < -0.39 is 5.54 Å². The highest BCUT2D eigenvalue weighted by atomic mass is 35.5. The highest BCUT2D eigenvalue weighted by Crippen LogP contribution is 2.17. The summed E-state index contributed by atoms with van der Waals surface area (Å²) in [6.07, 6.45) is 7.04. The van der Waals surface area contributed by atoms with E-state index in [-0.39, 0.29) is 5.91 Å². The van der Waals surface area contributed by atoms with E-state index in [0.717, 1.165) is 0 Å². The molecule has 98 valence electrons. The number of nitrogens with zero attached hydrogens (tertiary/aromatic N) is 2. The topological polar surface area (TPSA) is 46.4 Å². The van der Waals surface area contributed by atoms with E-state index in [1.807, 2.05) is 0 Å². The summed E-state index contributed by atoms with van der Waals surface area (Å²) in [4.78, 5) is 16.6. The van der Waals surface area contributed by atoms with E-state index in [4.69, 9.17) is 18.0 Å². The third-order valence-electron chi connectivity index (χ3n) is 2.76. The molecule has 0 radical (unpaired) electrons. The van der Waals surface area contributed by atoms with Crippen LogP contribution in [0.25, 0.3) is 5.65 Å². The third kappa shape index (κ3) is 2.56. The first-order valence-electron chi connectivity index (χ1n) is 5.78. The molecule has 0 bridgehead atoms. The number of amides is 1. The summed E-state index contributed by atoms with van der Waals surface area (Å²) < 4.78 is 1.67. The van der Waals surface area contributed by atoms with Gasteiger partial charge in [0.05, 0.1) is 16.3 Å². The Morgan fingerprint density at radius 3 is 2.84 bits per heavy atom. The number of imidazole rings is 1. The number of carbonyl (C=O) groups excluding carboxylic acids is 1. The molecule has 4 nitrogen and oxygen atoms in total. The standard InChI is InChI=1S/C14H14ClN3O/c1-5-14(3,4)17-13(19)12-9(2)16-11-7-6-10(15)8-18(11)12/h1,6-8H,2-4H3,(H,17,19). The van der Waals surface area contributed by atoms with Crippen LogP contribution < -0.4 is 5.32 Å². The normalized spacial score (nSPS) is 11.3. The van der Waals surface area contributed by atoms with Crippen LogP contribution in [0.2, 0.25) is 5.02 Å². The number of hydrogen-bond acceptors (Lipinski definition) is 2. The lowest BCUT2D eigenvalue weighted by molar-refractivity contribution is 0.0923. The predicted octanol–water partition coefficient (Wildman–Crippen LogP) is 2.44. The maximum absolute atomic E-state index is 12.3. The fraction of sp³-hybridized carbons (Fsp3) is 0.286. The minimum atomic E-state index is -0.716. The Kier molecular flexibility index (Phi) is 3.25. The quantitative estimate of drug-likeness (QED) is 0.856. The summed E-state index contributed by atoms with van der Waals surface area (Å²) in [6, 6.07) is 3.49. The van der Waals surface area contributed by atoms with Crippen LogP contribution in [0.15, 0.2) is 18.3 Å². The lowest BCUT2D eigenvalue weighted by Gasteiger charge is -2.19. The molecular formula is C14H14ClN3O. The highest BCUT2D eigenvalue weighted by Gasteiger charge is 2.22. The first-order valence-corrected chi connectivity index (χ1v) is 6.16. The molecule has 0 fully saturated rings. The molecule has 2 heterocycles. The van der Waals surface area contributed by atoms with E-state index in [1.165, 1.54) is 0 Å². The SMILES string of the molecule is C#CC(C)(C)NC(=O)c1c(C)nc2ccc(Cl)cn12. The zero-order chi connectivity index (χ0) is 14.2. The van der Waals surface area contributed by atoms with Gasteiger partial charge in [0, 0.05) is 6.20 Å². The summed E-state index contributed by atoms with van der Waals surface area (Å²) in [6.45, 7) is 5.30. The van der Waals surface area contributed by atoms with Gasteiger partial charge in [-0.3, -0.25) is 9.20 Å². The molecule has 1 amide bonds. The van der Waals surface area contributed by atoms with E-state index in [0.29, 0.717) is 22.1 Å². The van der Waals surface area contributed by atoms with Crippen molar-refractivity contribution in [2.45, 2.75) is 26.3 Å². The highest BCUT2D eigenvalue weighted by molar-refractivity contribution is 6.30. The minimum Gasteiger partial charge on any atom is -0.335 e. The smallest absolute Gasteiger partial charge is 0.271 e. The van der Waals surface area contributed by atoms with Crippen molar-refractivity contribution in [3.05, 3.63) is 34.7 Å². The van der Waals surface area contributed by atoms with Crippen molar-refractivity contribution in [2.24, 2.45) is 0 Å². The van der Waals surface area contributed by atoms with Crippen LogP contribution >= 0.6 is 11.6 Å². The van der Waals surface area contributed by atoms with E-state index in [9.17, 15) is 4.79 Å². The lowest BCUT2D eigenvalue weighted by atomic mass is 10.1. The summed E-state index contributed by atoms with van der Waals surface area (Å²) in [5, 5.41) is 3.32. The molecule has 2 aromatic rings. The van der Waals surface area contributed by atoms with Crippen molar-refractivity contribution < 1.29 is 4.79 Å². The van der Waals surface area contributed by atoms with Crippen LogP contribution in [0.5, 0.6) is 0 Å². The molecule has 0 aromatic carbocycles. The number of terminal acetylenes is 1. The number of aromatic nitrogens is 2. The van der Waals surface area contributed by atoms with Gasteiger partial charge in [-0.05, 0) is 32.9 Å². The Morgan fingerprint density at radius 1 is 1.53 bits per heavy atom. The molecule has 0 aliphatic carbocycles. The number of carbonyl (C=O) groups is 1. The summed E-state index contributed by atoms with van der Waals surface area (Å²) >= 11 is 5.95. The fourth-order valence-electron chi connectivity index (χ4n) is 1.79. The second-order valence-electron chi connectivity index (χ2n) is 4.84. The fourth-order valence-corrected chi connectivity index (χ4v) is 1.95. The lowest BCUT2D eigenvalue weighted by Crippen LogP contribution is -2.42. The van der Waals surface area contributed by atoms with Gasteiger partial charge in [-0.1, -0.05) is 17.5 Å². The van der Waals surface area contributed by atoms with Crippen LogP contribution in [0.3, 0.4) is 0 Å². The number of fused-ring (bicyclic) bond motifs is 1. The van der Waals surface area contributed by atoms with Crippen LogP contribution in [0.4, 0.5) is 0 Å². The Hall–Kier alpha value is -1.99. The van der Waals surface area contributed by atoms with Gasteiger partial charge < -0.3 is 5.32 Å². The van der Waals surface area contributed by atoms with Gasteiger partial charge in [0.1, 0.15) is 11.3 Å². The average Bonchev–Trinajstić information content (AvgIpc) is 2.64. The van der Waals surface area contributed by atoms with Crippen molar-refractivity contribution in [1.29, 1.82) is 0 Å². The number of nitrogens with one attached hydrogen (secondary N) is 1. The molecule has 0 saturated heterocycles. The molecule has 0 atom stereocenters. The van der Waals surface area contributed by atoms with Gasteiger partial charge in [0.2, 0.25) is 0 Å². The van der Waals surface area contributed by atoms with Crippen molar-refractivity contribution in [2.75, 3.05) is 0 Å². The van der Waals surface area contributed by atoms with Crippen LogP contribution in [-0.2, 0) is 0 Å². The van der Waals surface area contributed by atoms with Gasteiger partial charge in [-0.25, -0.2) is 4.98 Å². The molecule has 1 N–H and O–H groups in total. The van der Waals surface area contributed by atoms with Crippen molar-refractivity contribution in [1.82, 2.24) is 14.7 Å².